The fraction of sp³-hybridized carbons (Fsp3) is 1.00. The van der Waals surface area contributed by atoms with Crippen LogP contribution in [0.25, 0.3) is 0 Å². The first-order valence-electron chi connectivity index (χ1n) is 5.91. The van der Waals surface area contributed by atoms with Crippen LogP contribution < -0.4 is 0 Å². The lowest BCUT2D eigenvalue weighted by molar-refractivity contribution is 0.128. The van der Waals surface area contributed by atoms with Crippen molar-refractivity contribution in [1.29, 1.82) is 0 Å². The van der Waals surface area contributed by atoms with E-state index in [9.17, 15) is 0 Å². The molecule has 0 saturated carbocycles. The average Bonchev–Trinajstić information content (AvgIpc) is 2.18. The second kappa shape index (κ2) is 17.9. The van der Waals surface area contributed by atoms with Crippen molar-refractivity contribution in [3.8, 4) is 0 Å². The third-order valence-corrected chi connectivity index (χ3v) is 1.78. The Balaban J connectivity index is 0. The molecule has 0 aliphatic heterocycles. The minimum atomic E-state index is 0.955. The highest BCUT2D eigenvalue weighted by molar-refractivity contribution is 4.33. The summed E-state index contributed by atoms with van der Waals surface area (Å²) < 4.78 is 5.31. The second-order valence-corrected chi connectivity index (χ2v) is 3.32. The van der Waals surface area contributed by atoms with Crippen molar-refractivity contribution in [2.24, 2.45) is 0 Å². The van der Waals surface area contributed by atoms with Gasteiger partial charge in [-0.1, -0.05) is 53.4 Å². The number of rotatable bonds is 7. The molecule has 0 radical (unpaired) electrons. The van der Waals surface area contributed by atoms with E-state index in [1.807, 2.05) is 0 Å². The zero-order valence-electron chi connectivity index (χ0n) is 10.1. The molecule has 0 aromatic carbocycles. The molecule has 0 rings (SSSR count). The van der Waals surface area contributed by atoms with Crippen molar-refractivity contribution >= 4 is 0 Å². The van der Waals surface area contributed by atoms with Gasteiger partial charge < -0.3 is 4.74 Å². The Labute approximate surface area is 84.9 Å². The standard InChI is InChI=1S/C8H18O.C4H10/c1-3-5-7-9-8-6-4-2;1-3-4-2/h3-8H2,1-2H3;3-4H2,1-2H3. The van der Waals surface area contributed by atoms with Crippen molar-refractivity contribution in [2.75, 3.05) is 13.2 Å². The van der Waals surface area contributed by atoms with Crippen LogP contribution in [0.5, 0.6) is 0 Å². The van der Waals surface area contributed by atoms with Gasteiger partial charge in [0.2, 0.25) is 0 Å². The minimum Gasteiger partial charge on any atom is -0.381 e. The van der Waals surface area contributed by atoms with Crippen molar-refractivity contribution in [1.82, 2.24) is 0 Å². The third kappa shape index (κ3) is 24.5. The molecule has 0 heterocycles. The number of ether oxygens (including phenoxy) is 1. The van der Waals surface area contributed by atoms with Crippen LogP contribution in [-0.4, -0.2) is 13.2 Å². The highest BCUT2D eigenvalue weighted by Gasteiger charge is 1.84. The Morgan fingerprint density at radius 3 is 1.23 bits per heavy atom. The molecule has 0 atom stereocenters. The predicted octanol–water partition coefficient (Wildman–Crippen LogP) is 4.41. The van der Waals surface area contributed by atoms with Crippen molar-refractivity contribution < 1.29 is 4.74 Å². The van der Waals surface area contributed by atoms with Crippen molar-refractivity contribution in [3.05, 3.63) is 0 Å². The molecule has 0 unspecified atom stereocenters. The second-order valence-electron chi connectivity index (χ2n) is 3.32. The van der Waals surface area contributed by atoms with Crippen LogP contribution in [0.4, 0.5) is 0 Å². The van der Waals surface area contributed by atoms with Gasteiger partial charge in [-0.05, 0) is 12.8 Å². The molecule has 0 spiro atoms. The summed E-state index contributed by atoms with van der Waals surface area (Å²) in [5.41, 5.74) is 0. The molecule has 0 aliphatic carbocycles. The van der Waals surface area contributed by atoms with E-state index in [2.05, 4.69) is 27.7 Å². The first-order chi connectivity index (χ1) is 6.33. The Hall–Kier alpha value is -0.0400. The Bertz CT molecular complexity index is 54.1. The maximum absolute atomic E-state index is 5.31. The van der Waals surface area contributed by atoms with Crippen molar-refractivity contribution in [3.63, 3.8) is 0 Å². The summed E-state index contributed by atoms with van der Waals surface area (Å²) in [5, 5.41) is 0. The van der Waals surface area contributed by atoms with Gasteiger partial charge in [0, 0.05) is 13.2 Å². The minimum absolute atomic E-state index is 0.955. The molecule has 0 bridgehead atoms. The molecular formula is C12H28O. The van der Waals surface area contributed by atoms with E-state index < -0.39 is 0 Å². The average molecular weight is 188 g/mol. The van der Waals surface area contributed by atoms with E-state index in [1.165, 1.54) is 38.5 Å². The zero-order valence-corrected chi connectivity index (χ0v) is 10.1. The molecule has 0 aliphatic rings. The summed E-state index contributed by atoms with van der Waals surface area (Å²) in [5.74, 6) is 0. The van der Waals surface area contributed by atoms with Crippen LogP contribution in [0.3, 0.4) is 0 Å². The Morgan fingerprint density at radius 1 is 0.615 bits per heavy atom. The maximum Gasteiger partial charge on any atom is 0.0465 e. The van der Waals surface area contributed by atoms with Gasteiger partial charge in [-0.15, -0.1) is 0 Å². The van der Waals surface area contributed by atoms with Gasteiger partial charge in [-0.3, -0.25) is 0 Å². The number of hydrogen-bond acceptors (Lipinski definition) is 1. The smallest absolute Gasteiger partial charge is 0.0465 e. The van der Waals surface area contributed by atoms with Crippen LogP contribution in [0.1, 0.15) is 66.2 Å². The van der Waals surface area contributed by atoms with Crippen LogP contribution >= 0.6 is 0 Å². The molecule has 0 fully saturated rings. The SMILES string of the molecule is CCCC.CCCCOCCCC. The van der Waals surface area contributed by atoms with Gasteiger partial charge >= 0.3 is 0 Å². The molecule has 82 valence electrons. The molecule has 1 heteroatoms. The highest BCUT2D eigenvalue weighted by atomic mass is 16.5. The number of hydrogen-bond donors (Lipinski definition) is 0. The fourth-order valence-electron chi connectivity index (χ4n) is 0.595. The summed E-state index contributed by atoms with van der Waals surface area (Å²) in [6.07, 6.45) is 7.55. The lowest BCUT2D eigenvalue weighted by Gasteiger charge is -1.99. The van der Waals surface area contributed by atoms with Gasteiger partial charge in [0.05, 0.1) is 0 Å². The highest BCUT2D eigenvalue weighted by Crippen LogP contribution is 1.91. The van der Waals surface area contributed by atoms with Crippen LogP contribution in [0.2, 0.25) is 0 Å². The molecule has 0 aromatic rings. The first kappa shape index (κ1) is 15.4. The molecule has 0 amide bonds. The lowest BCUT2D eigenvalue weighted by atomic mass is 10.3. The zero-order chi connectivity index (χ0) is 10.4. The number of unbranched alkanes of at least 4 members (excludes halogenated alkanes) is 3. The monoisotopic (exact) mass is 188 g/mol. The van der Waals surface area contributed by atoms with Crippen LogP contribution in [-0.2, 0) is 4.74 Å². The maximum atomic E-state index is 5.31. The Morgan fingerprint density at radius 2 is 1.00 bits per heavy atom. The predicted molar refractivity (Wildman–Crippen MR) is 61.2 cm³/mol. The van der Waals surface area contributed by atoms with Gasteiger partial charge in [0.1, 0.15) is 0 Å². The summed E-state index contributed by atoms with van der Waals surface area (Å²) in [6.45, 7) is 10.6. The molecule has 13 heavy (non-hydrogen) atoms. The van der Waals surface area contributed by atoms with E-state index in [4.69, 9.17) is 4.74 Å². The van der Waals surface area contributed by atoms with E-state index in [0.717, 1.165) is 13.2 Å². The van der Waals surface area contributed by atoms with Gasteiger partial charge in [-0.25, -0.2) is 0 Å². The quantitative estimate of drug-likeness (QED) is 0.538. The summed E-state index contributed by atoms with van der Waals surface area (Å²) in [4.78, 5) is 0. The third-order valence-electron chi connectivity index (χ3n) is 1.78. The summed E-state index contributed by atoms with van der Waals surface area (Å²) in [6, 6.07) is 0. The van der Waals surface area contributed by atoms with E-state index in [0.29, 0.717) is 0 Å². The normalized spacial score (nSPS) is 9.23. The largest absolute Gasteiger partial charge is 0.381 e. The van der Waals surface area contributed by atoms with Crippen LogP contribution in [0.15, 0.2) is 0 Å². The molecule has 1 nitrogen and oxygen atoms in total. The summed E-state index contributed by atoms with van der Waals surface area (Å²) in [7, 11) is 0. The van der Waals surface area contributed by atoms with Crippen molar-refractivity contribution in [2.45, 2.75) is 66.2 Å². The lowest BCUT2D eigenvalue weighted by Crippen LogP contribution is -1.95. The van der Waals surface area contributed by atoms with E-state index in [-0.39, 0.29) is 0 Å². The fourth-order valence-corrected chi connectivity index (χ4v) is 0.595. The van der Waals surface area contributed by atoms with Gasteiger partial charge in [0.25, 0.3) is 0 Å². The molecule has 0 N–H and O–H groups in total. The van der Waals surface area contributed by atoms with E-state index >= 15 is 0 Å². The topological polar surface area (TPSA) is 9.23 Å². The van der Waals surface area contributed by atoms with Gasteiger partial charge in [-0.2, -0.15) is 0 Å². The van der Waals surface area contributed by atoms with Gasteiger partial charge in [0.15, 0.2) is 0 Å². The van der Waals surface area contributed by atoms with E-state index in [1.54, 1.807) is 0 Å². The Kier molecular flexibility index (Phi) is 21.2. The van der Waals surface area contributed by atoms with Crippen LogP contribution in [0, 0.1) is 0 Å². The molecular weight excluding hydrogens is 160 g/mol. The summed E-state index contributed by atoms with van der Waals surface area (Å²) >= 11 is 0. The first-order valence-corrected chi connectivity index (χ1v) is 5.91. The molecule has 0 aromatic heterocycles. The molecule has 0 saturated heterocycles.